The fourth-order valence-electron chi connectivity index (χ4n) is 3.81. The van der Waals surface area contributed by atoms with E-state index in [0.29, 0.717) is 11.6 Å². The Hall–Kier alpha value is -2.89. The SMILES string of the molecule is Cc1cc(NC(=O)CSC2NC(c3ccccc3)NC3C2C(=O)N(C)C(=O)N3C)no1. The number of thioether (sulfide) groups is 1. The number of carbonyl (C=O) groups excluding carboxylic acids is 3. The van der Waals surface area contributed by atoms with E-state index < -0.39 is 17.5 Å². The number of urea groups is 1. The number of amides is 4. The number of hydrogen-bond donors (Lipinski definition) is 3. The van der Waals surface area contributed by atoms with Crippen molar-refractivity contribution in [1.29, 1.82) is 0 Å². The number of carbonyl (C=O) groups is 3. The van der Waals surface area contributed by atoms with Crippen molar-refractivity contribution in [1.82, 2.24) is 25.6 Å². The number of nitrogens with zero attached hydrogens (tertiary/aromatic N) is 3. The molecule has 4 unspecified atom stereocenters. The third kappa shape index (κ3) is 4.29. The van der Waals surface area contributed by atoms with E-state index in [4.69, 9.17) is 4.52 Å². The highest BCUT2D eigenvalue weighted by molar-refractivity contribution is 8.00. The topological polar surface area (TPSA) is 120 Å². The molecule has 0 spiro atoms. The van der Waals surface area contributed by atoms with Gasteiger partial charge < -0.3 is 14.7 Å². The van der Waals surface area contributed by atoms with Crippen LogP contribution in [-0.2, 0) is 9.59 Å². The summed E-state index contributed by atoms with van der Waals surface area (Å²) >= 11 is 1.32. The van der Waals surface area contributed by atoms with Gasteiger partial charge in [0, 0.05) is 20.2 Å². The molecule has 31 heavy (non-hydrogen) atoms. The van der Waals surface area contributed by atoms with E-state index in [-0.39, 0.29) is 29.8 Å². The van der Waals surface area contributed by atoms with Crippen molar-refractivity contribution in [2.75, 3.05) is 25.2 Å². The molecule has 2 fully saturated rings. The van der Waals surface area contributed by atoms with Gasteiger partial charge in [-0.25, -0.2) is 4.79 Å². The molecular formula is C20H24N6O4S. The molecule has 0 saturated carbocycles. The molecule has 2 saturated heterocycles. The Kier molecular flexibility index (Phi) is 5.99. The van der Waals surface area contributed by atoms with Crippen LogP contribution in [0.5, 0.6) is 0 Å². The summed E-state index contributed by atoms with van der Waals surface area (Å²) in [4.78, 5) is 40.5. The molecule has 2 aliphatic rings. The second kappa shape index (κ2) is 8.69. The van der Waals surface area contributed by atoms with E-state index in [1.54, 1.807) is 20.0 Å². The first-order valence-corrected chi connectivity index (χ1v) is 10.9. The van der Waals surface area contributed by atoms with Crippen LogP contribution in [0.1, 0.15) is 17.5 Å². The summed E-state index contributed by atoms with van der Waals surface area (Å²) in [6.07, 6.45) is -0.783. The Balaban J connectivity index is 1.53. The van der Waals surface area contributed by atoms with Gasteiger partial charge in [0.2, 0.25) is 11.8 Å². The van der Waals surface area contributed by atoms with Gasteiger partial charge in [-0.3, -0.25) is 25.1 Å². The van der Waals surface area contributed by atoms with Gasteiger partial charge in [0.1, 0.15) is 5.76 Å². The van der Waals surface area contributed by atoms with Crippen molar-refractivity contribution in [2.24, 2.45) is 5.92 Å². The van der Waals surface area contributed by atoms with Gasteiger partial charge in [0.15, 0.2) is 5.82 Å². The third-order valence-electron chi connectivity index (χ3n) is 5.38. The predicted molar refractivity (Wildman–Crippen MR) is 115 cm³/mol. The highest BCUT2D eigenvalue weighted by Crippen LogP contribution is 2.34. The minimum atomic E-state index is -0.556. The van der Waals surface area contributed by atoms with E-state index >= 15 is 0 Å². The van der Waals surface area contributed by atoms with Gasteiger partial charge >= 0.3 is 6.03 Å². The summed E-state index contributed by atoms with van der Waals surface area (Å²) in [5, 5.41) is 12.9. The van der Waals surface area contributed by atoms with E-state index in [1.807, 2.05) is 30.3 Å². The highest BCUT2D eigenvalue weighted by atomic mass is 32.2. The molecule has 4 amide bonds. The Morgan fingerprint density at radius 1 is 1.23 bits per heavy atom. The second-order valence-corrected chi connectivity index (χ2v) is 8.67. The number of imide groups is 1. The standard InChI is InChI=1S/C20H24N6O4S/c1-11-9-13(24-30-11)21-14(27)10-31-18-15-17(25(2)20(29)26(3)19(15)28)22-16(23-18)12-7-5-4-6-8-12/h4-9,15-18,22-23H,10H2,1-3H3,(H,21,24,27). The lowest BCUT2D eigenvalue weighted by Crippen LogP contribution is -2.72. The van der Waals surface area contributed by atoms with Crippen molar-refractivity contribution in [3.63, 3.8) is 0 Å². The highest BCUT2D eigenvalue weighted by Gasteiger charge is 2.51. The van der Waals surface area contributed by atoms with Crippen LogP contribution >= 0.6 is 11.8 Å². The molecule has 3 N–H and O–H groups in total. The predicted octanol–water partition coefficient (Wildman–Crippen LogP) is 1.34. The first kappa shape index (κ1) is 21.3. The minimum Gasteiger partial charge on any atom is -0.360 e. The molecule has 164 valence electrons. The number of nitrogens with one attached hydrogen (secondary N) is 3. The van der Waals surface area contributed by atoms with E-state index in [0.717, 1.165) is 10.5 Å². The lowest BCUT2D eigenvalue weighted by Gasteiger charge is -2.50. The summed E-state index contributed by atoms with van der Waals surface area (Å²) in [6, 6.07) is 11.0. The zero-order valence-electron chi connectivity index (χ0n) is 17.4. The Morgan fingerprint density at radius 3 is 2.65 bits per heavy atom. The molecule has 1 aromatic heterocycles. The van der Waals surface area contributed by atoms with Gasteiger partial charge in [-0.2, -0.15) is 0 Å². The fraction of sp³-hybridized carbons (Fsp3) is 0.400. The Bertz CT molecular complexity index is 983. The second-order valence-electron chi connectivity index (χ2n) is 7.54. The van der Waals surface area contributed by atoms with E-state index in [9.17, 15) is 14.4 Å². The molecule has 4 atom stereocenters. The molecule has 10 nitrogen and oxygen atoms in total. The van der Waals surface area contributed by atoms with Crippen LogP contribution in [0.15, 0.2) is 40.9 Å². The zero-order valence-corrected chi connectivity index (χ0v) is 18.2. The first-order chi connectivity index (χ1) is 14.8. The summed E-state index contributed by atoms with van der Waals surface area (Å²) in [6.45, 7) is 1.74. The molecule has 3 heterocycles. The number of aromatic nitrogens is 1. The largest absolute Gasteiger partial charge is 0.360 e. The molecule has 1 aromatic carbocycles. The summed E-state index contributed by atoms with van der Waals surface area (Å²) < 4.78 is 4.96. The van der Waals surface area contributed by atoms with Crippen molar-refractivity contribution in [3.8, 4) is 0 Å². The summed E-state index contributed by atoms with van der Waals surface area (Å²) in [5.74, 6) is -0.0552. The Morgan fingerprint density at radius 2 is 1.97 bits per heavy atom. The number of rotatable bonds is 5. The van der Waals surface area contributed by atoms with Crippen molar-refractivity contribution in [3.05, 3.63) is 47.7 Å². The van der Waals surface area contributed by atoms with Crippen LogP contribution in [0, 0.1) is 12.8 Å². The first-order valence-electron chi connectivity index (χ1n) is 9.81. The van der Waals surface area contributed by atoms with Crippen LogP contribution < -0.4 is 16.0 Å². The minimum absolute atomic E-state index is 0.100. The molecule has 0 aliphatic carbocycles. The smallest absolute Gasteiger partial charge is 0.327 e. The number of anilines is 1. The maximum atomic E-state index is 13.0. The van der Waals surface area contributed by atoms with E-state index in [2.05, 4.69) is 21.1 Å². The van der Waals surface area contributed by atoms with Gasteiger partial charge in [-0.05, 0) is 12.5 Å². The van der Waals surface area contributed by atoms with Gasteiger partial charge in [0.25, 0.3) is 0 Å². The van der Waals surface area contributed by atoms with Crippen molar-refractivity contribution >= 4 is 35.4 Å². The van der Waals surface area contributed by atoms with Crippen LogP contribution in [-0.4, -0.2) is 64.2 Å². The number of fused-ring (bicyclic) bond motifs is 1. The van der Waals surface area contributed by atoms with Gasteiger partial charge in [0.05, 0.1) is 29.4 Å². The van der Waals surface area contributed by atoms with Crippen molar-refractivity contribution in [2.45, 2.75) is 24.6 Å². The molecule has 4 rings (SSSR count). The average molecular weight is 445 g/mol. The molecule has 0 radical (unpaired) electrons. The molecule has 2 aromatic rings. The zero-order chi connectivity index (χ0) is 22.1. The van der Waals surface area contributed by atoms with Crippen LogP contribution in [0.2, 0.25) is 0 Å². The van der Waals surface area contributed by atoms with Gasteiger partial charge in [-0.1, -0.05) is 35.5 Å². The summed E-state index contributed by atoms with van der Waals surface area (Å²) in [7, 11) is 3.15. The lowest BCUT2D eigenvalue weighted by atomic mass is 9.96. The quantitative estimate of drug-likeness (QED) is 0.632. The lowest BCUT2D eigenvalue weighted by molar-refractivity contribution is -0.140. The van der Waals surface area contributed by atoms with Crippen LogP contribution in [0.25, 0.3) is 0 Å². The molecule has 0 bridgehead atoms. The fourth-order valence-corrected chi connectivity index (χ4v) is 4.91. The maximum absolute atomic E-state index is 13.0. The molecule has 11 heteroatoms. The van der Waals surface area contributed by atoms with Crippen LogP contribution in [0.3, 0.4) is 0 Å². The third-order valence-corrected chi connectivity index (χ3v) is 6.60. The Labute approximate surface area is 183 Å². The number of benzene rings is 1. The molecular weight excluding hydrogens is 420 g/mol. The number of hydrogen-bond acceptors (Lipinski definition) is 8. The summed E-state index contributed by atoms with van der Waals surface area (Å²) in [5.41, 5.74) is 0.973. The van der Waals surface area contributed by atoms with Crippen molar-refractivity contribution < 1.29 is 18.9 Å². The normalized spacial score (nSPS) is 26.0. The monoisotopic (exact) mass is 444 g/mol. The molecule has 2 aliphatic heterocycles. The van der Waals surface area contributed by atoms with Gasteiger partial charge in [-0.15, -0.1) is 11.8 Å². The maximum Gasteiger partial charge on any atom is 0.327 e. The van der Waals surface area contributed by atoms with Crippen LogP contribution in [0.4, 0.5) is 10.6 Å². The average Bonchev–Trinajstić information content (AvgIpc) is 3.19. The number of aryl methyl sites for hydroxylation is 1. The van der Waals surface area contributed by atoms with E-state index in [1.165, 1.54) is 23.7 Å².